The van der Waals surface area contributed by atoms with Gasteiger partial charge in [0.2, 0.25) is 5.95 Å². The monoisotopic (exact) mass is 653 g/mol. The third kappa shape index (κ3) is 14.3. The molecule has 1 spiro atoms. The minimum atomic E-state index is -5.08. The fourth-order valence-electron chi connectivity index (χ4n) is 3.56. The lowest BCUT2D eigenvalue weighted by Gasteiger charge is -2.23. The average Bonchev–Trinajstić information content (AvgIpc) is 3.49. The zero-order valence-electron chi connectivity index (χ0n) is 22.0. The smallest absolute Gasteiger partial charge is 0.475 e. The molecule has 2 saturated heterocycles. The first-order valence-electron chi connectivity index (χ1n) is 11.8. The van der Waals surface area contributed by atoms with Crippen LogP contribution in [0.3, 0.4) is 0 Å². The number of anilines is 1. The number of carboxylic acids is 3. The Morgan fingerprint density at radius 2 is 1.32 bits per heavy atom. The molecule has 0 aromatic carbocycles. The van der Waals surface area contributed by atoms with E-state index in [1.807, 2.05) is 24.4 Å². The molecule has 0 amide bonds. The van der Waals surface area contributed by atoms with E-state index in [-0.39, 0.29) is 11.6 Å². The standard InChI is InChI=1S/C17H21N5O.3C2HF3O2/c1-2-6-18-14(4-1)11-22-9-5-17(13-22)10-15(12-23-17)21-16-19-7-3-8-20-16;3*3-2(4,5)1(6)7/h1-4,6-8,15H,5,9-13H2,(H,19,20,21);3*(H,6,7). The van der Waals surface area contributed by atoms with Crippen LogP contribution in [0.15, 0.2) is 42.9 Å². The Morgan fingerprint density at radius 3 is 1.75 bits per heavy atom. The number of ether oxygens (including phenoxy) is 1. The minimum Gasteiger partial charge on any atom is -0.475 e. The predicted molar refractivity (Wildman–Crippen MR) is 128 cm³/mol. The summed E-state index contributed by atoms with van der Waals surface area (Å²) in [6.45, 7) is 3.64. The SMILES string of the molecule is O=C(O)C(F)(F)F.O=C(O)C(F)(F)F.O=C(O)C(F)(F)F.c1ccc(CN2CCC3(CC(Nc4ncccn4)CO3)C2)nc1. The van der Waals surface area contributed by atoms with Gasteiger partial charge in [0, 0.05) is 44.6 Å². The Kier molecular flexibility index (Phi) is 13.7. The van der Waals surface area contributed by atoms with E-state index in [4.69, 9.17) is 34.4 Å². The molecule has 0 saturated carbocycles. The van der Waals surface area contributed by atoms with E-state index >= 15 is 0 Å². The van der Waals surface area contributed by atoms with Gasteiger partial charge in [-0.05, 0) is 24.6 Å². The molecule has 2 aromatic heterocycles. The molecule has 44 heavy (non-hydrogen) atoms. The summed E-state index contributed by atoms with van der Waals surface area (Å²) in [5.41, 5.74) is 1.09. The number of carboxylic acid groups (broad SMARTS) is 3. The van der Waals surface area contributed by atoms with Gasteiger partial charge in [-0.2, -0.15) is 39.5 Å². The molecule has 2 aliphatic heterocycles. The van der Waals surface area contributed by atoms with Crippen LogP contribution in [0.25, 0.3) is 0 Å². The molecule has 4 heterocycles. The third-order valence-corrected chi connectivity index (χ3v) is 5.34. The second-order valence-corrected chi connectivity index (χ2v) is 8.80. The van der Waals surface area contributed by atoms with Crippen LogP contribution in [0.4, 0.5) is 45.5 Å². The molecule has 246 valence electrons. The average molecular weight is 653 g/mol. The Hall–Kier alpha value is -4.27. The van der Waals surface area contributed by atoms with Crippen LogP contribution in [0.2, 0.25) is 0 Å². The molecule has 0 radical (unpaired) electrons. The molecule has 21 heteroatoms. The summed E-state index contributed by atoms with van der Waals surface area (Å²) >= 11 is 0. The maximum atomic E-state index is 10.6. The third-order valence-electron chi connectivity index (χ3n) is 5.34. The number of pyridine rings is 1. The number of carbonyl (C=O) groups is 3. The molecule has 2 aliphatic rings. The fourth-order valence-corrected chi connectivity index (χ4v) is 3.56. The van der Waals surface area contributed by atoms with Crippen LogP contribution in [-0.4, -0.2) is 103 Å². The van der Waals surface area contributed by atoms with Gasteiger partial charge in [0.15, 0.2) is 0 Å². The molecule has 4 N–H and O–H groups in total. The van der Waals surface area contributed by atoms with E-state index < -0.39 is 36.4 Å². The molecule has 2 atom stereocenters. The molecular weight excluding hydrogens is 629 g/mol. The second kappa shape index (κ2) is 16.0. The summed E-state index contributed by atoms with van der Waals surface area (Å²) in [6.07, 6.45) is -7.80. The van der Waals surface area contributed by atoms with Crippen molar-refractivity contribution in [3.05, 3.63) is 48.5 Å². The van der Waals surface area contributed by atoms with E-state index in [9.17, 15) is 39.5 Å². The molecular formula is C23H24F9N5O7. The number of halogens is 9. The number of nitrogens with one attached hydrogen (secondary N) is 1. The zero-order valence-corrected chi connectivity index (χ0v) is 22.0. The molecule has 2 unspecified atom stereocenters. The fraction of sp³-hybridized carbons (Fsp3) is 0.478. The molecule has 4 rings (SSSR count). The largest absolute Gasteiger partial charge is 0.490 e. The highest BCUT2D eigenvalue weighted by Crippen LogP contribution is 2.36. The van der Waals surface area contributed by atoms with Crippen LogP contribution >= 0.6 is 0 Å². The highest BCUT2D eigenvalue weighted by atomic mass is 19.4. The van der Waals surface area contributed by atoms with E-state index in [1.54, 1.807) is 12.4 Å². The lowest BCUT2D eigenvalue weighted by Crippen LogP contribution is -2.33. The Morgan fingerprint density at radius 1 is 0.841 bits per heavy atom. The Bertz CT molecular complexity index is 1090. The van der Waals surface area contributed by atoms with Gasteiger partial charge in [-0.1, -0.05) is 6.07 Å². The molecule has 12 nitrogen and oxygen atoms in total. The van der Waals surface area contributed by atoms with Gasteiger partial charge in [0.1, 0.15) is 0 Å². The molecule has 0 bridgehead atoms. The van der Waals surface area contributed by atoms with Crippen molar-refractivity contribution in [2.24, 2.45) is 0 Å². The number of hydrogen-bond donors (Lipinski definition) is 4. The van der Waals surface area contributed by atoms with Gasteiger partial charge in [0.05, 0.1) is 23.9 Å². The van der Waals surface area contributed by atoms with Gasteiger partial charge < -0.3 is 25.4 Å². The summed E-state index contributed by atoms with van der Waals surface area (Å²) < 4.78 is 101. The van der Waals surface area contributed by atoms with Crippen molar-refractivity contribution in [1.82, 2.24) is 19.9 Å². The van der Waals surface area contributed by atoms with Crippen LogP contribution in [0.5, 0.6) is 0 Å². The quantitative estimate of drug-likeness (QED) is 0.354. The number of aliphatic carboxylic acids is 3. The summed E-state index contributed by atoms with van der Waals surface area (Å²) in [5.74, 6) is -7.59. The normalized spacial score (nSPS) is 19.8. The maximum Gasteiger partial charge on any atom is 0.490 e. The molecule has 0 aliphatic carbocycles. The zero-order chi connectivity index (χ0) is 33.8. The van der Waals surface area contributed by atoms with Crippen LogP contribution in [-0.2, 0) is 25.7 Å². The Labute approximate surface area is 241 Å². The summed E-state index contributed by atoms with van der Waals surface area (Å²) in [4.78, 5) is 42.0. The lowest BCUT2D eigenvalue weighted by molar-refractivity contribution is -0.193. The highest BCUT2D eigenvalue weighted by Gasteiger charge is 2.45. The number of nitrogens with zero attached hydrogens (tertiary/aromatic N) is 4. The summed E-state index contributed by atoms with van der Waals surface area (Å²) in [7, 11) is 0. The topological polar surface area (TPSA) is 175 Å². The number of likely N-dealkylation sites (tertiary alicyclic amines) is 1. The second-order valence-electron chi connectivity index (χ2n) is 8.80. The number of hydrogen-bond acceptors (Lipinski definition) is 9. The van der Waals surface area contributed by atoms with Gasteiger partial charge >= 0.3 is 36.4 Å². The molecule has 2 fully saturated rings. The number of alkyl halides is 9. The first kappa shape index (κ1) is 37.8. The minimum absolute atomic E-state index is 0.0266. The van der Waals surface area contributed by atoms with Crippen molar-refractivity contribution < 1.29 is 74.0 Å². The van der Waals surface area contributed by atoms with Crippen molar-refractivity contribution in [2.45, 2.75) is 49.6 Å². The van der Waals surface area contributed by atoms with Crippen molar-refractivity contribution in [2.75, 3.05) is 25.0 Å². The van der Waals surface area contributed by atoms with E-state index in [1.165, 1.54) is 0 Å². The predicted octanol–water partition coefficient (Wildman–Crippen LogP) is 3.62. The number of aromatic nitrogens is 3. The lowest BCUT2D eigenvalue weighted by atomic mass is 9.97. The van der Waals surface area contributed by atoms with Crippen LogP contribution < -0.4 is 5.32 Å². The van der Waals surface area contributed by atoms with Gasteiger partial charge in [0.25, 0.3) is 0 Å². The van der Waals surface area contributed by atoms with Crippen LogP contribution in [0, 0.1) is 0 Å². The van der Waals surface area contributed by atoms with E-state index in [0.29, 0.717) is 5.95 Å². The van der Waals surface area contributed by atoms with Crippen molar-refractivity contribution in [3.63, 3.8) is 0 Å². The first-order valence-corrected chi connectivity index (χ1v) is 11.8. The van der Waals surface area contributed by atoms with Crippen molar-refractivity contribution >= 4 is 23.9 Å². The van der Waals surface area contributed by atoms with Crippen LogP contribution in [0.1, 0.15) is 18.5 Å². The molecule has 2 aromatic rings. The van der Waals surface area contributed by atoms with Crippen molar-refractivity contribution in [3.8, 4) is 0 Å². The van der Waals surface area contributed by atoms with E-state index in [0.717, 1.165) is 44.8 Å². The Balaban J connectivity index is 0.000000379. The van der Waals surface area contributed by atoms with Gasteiger partial charge in [-0.15, -0.1) is 0 Å². The maximum absolute atomic E-state index is 10.6. The summed E-state index contributed by atoms with van der Waals surface area (Å²) in [6, 6.07) is 8.19. The summed E-state index contributed by atoms with van der Waals surface area (Å²) in [5, 5.41) is 24.8. The van der Waals surface area contributed by atoms with Crippen molar-refractivity contribution in [1.29, 1.82) is 0 Å². The first-order chi connectivity index (χ1) is 20.1. The highest BCUT2D eigenvalue weighted by molar-refractivity contribution is 5.73. The number of rotatable bonds is 4. The van der Waals surface area contributed by atoms with Gasteiger partial charge in [-0.25, -0.2) is 24.4 Å². The van der Waals surface area contributed by atoms with Gasteiger partial charge in [-0.3, -0.25) is 9.88 Å². The van der Waals surface area contributed by atoms with E-state index in [2.05, 4.69) is 31.2 Å².